The molecule has 0 fully saturated rings. The Balaban J connectivity index is 2.47. The van der Waals surface area contributed by atoms with Crippen molar-refractivity contribution in [2.75, 3.05) is 5.32 Å². The van der Waals surface area contributed by atoms with Crippen LogP contribution in [0.15, 0.2) is 23.1 Å². The predicted molar refractivity (Wildman–Crippen MR) is 59.7 cm³/mol. The first-order valence-electron chi connectivity index (χ1n) is 4.57. The number of anilines is 1. The Bertz CT molecular complexity index is 474. The van der Waals surface area contributed by atoms with Crippen molar-refractivity contribution in [3.8, 4) is 6.07 Å². The summed E-state index contributed by atoms with van der Waals surface area (Å²) in [4.78, 5) is 12.6. The van der Waals surface area contributed by atoms with E-state index in [-0.39, 0.29) is 5.91 Å². The fraction of sp³-hybridized carbons (Fsp3) is 0.273. The number of fused-ring (bicyclic) bond motifs is 1. The van der Waals surface area contributed by atoms with E-state index >= 15 is 0 Å². The molecule has 1 aromatic rings. The lowest BCUT2D eigenvalue weighted by Gasteiger charge is -2.29. The molecule has 0 atom stereocenters. The minimum absolute atomic E-state index is 0.00436. The van der Waals surface area contributed by atoms with E-state index in [1.165, 1.54) is 11.8 Å². The smallest absolute Gasteiger partial charge is 0.240 e. The Morgan fingerprint density at radius 2 is 2.20 bits per heavy atom. The number of nitriles is 1. The summed E-state index contributed by atoms with van der Waals surface area (Å²) in [5, 5.41) is 11.6. The Morgan fingerprint density at radius 3 is 2.87 bits per heavy atom. The van der Waals surface area contributed by atoms with Crippen LogP contribution >= 0.6 is 11.8 Å². The van der Waals surface area contributed by atoms with Gasteiger partial charge >= 0.3 is 0 Å². The third kappa shape index (κ3) is 1.71. The Morgan fingerprint density at radius 1 is 1.47 bits per heavy atom. The zero-order chi connectivity index (χ0) is 11.1. The Kier molecular flexibility index (Phi) is 2.20. The van der Waals surface area contributed by atoms with Crippen molar-refractivity contribution in [2.24, 2.45) is 0 Å². The van der Waals surface area contributed by atoms with Gasteiger partial charge in [0.25, 0.3) is 0 Å². The van der Waals surface area contributed by atoms with Crippen LogP contribution in [-0.4, -0.2) is 10.7 Å². The summed E-state index contributed by atoms with van der Waals surface area (Å²) in [5.41, 5.74) is 1.41. The molecule has 0 unspecified atom stereocenters. The first-order valence-corrected chi connectivity index (χ1v) is 5.39. The van der Waals surface area contributed by atoms with Crippen LogP contribution in [0, 0.1) is 11.3 Å². The molecule has 1 N–H and O–H groups in total. The largest absolute Gasteiger partial charge is 0.324 e. The number of carbonyl (C=O) groups is 1. The zero-order valence-corrected chi connectivity index (χ0v) is 9.31. The van der Waals surface area contributed by atoms with Crippen molar-refractivity contribution in [3.63, 3.8) is 0 Å². The van der Waals surface area contributed by atoms with E-state index < -0.39 is 4.75 Å². The maximum absolute atomic E-state index is 11.6. The lowest BCUT2D eigenvalue weighted by Crippen LogP contribution is -2.37. The highest BCUT2D eigenvalue weighted by molar-refractivity contribution is 8.01. The standard InChI is InChI=1S/C11H10N2OS/c1-11(2)10(14)13-8-4-3-7(6-12)5-9(8)15-11/h3-5H,1-2H3,(H,13,14). The van der Waals surface area contributed by atoms with Gasteiger partial charge in [-0.1, -0.05) is 0 Å². The predicted octanol–water partition coefficient (Wildman–Crippen LogP) is 2.38. The van der Waals surface area contributed by atoms with E-state index in [1.54, 1.807) is 18.2 Å². The minimum Gasteiger partial charge on any atom is -0.324 e. The molecule has 1 aliphatic heterocycles. The van der Waals surface area contributed by atoms with Crippen LogP contribution in [0.3, 0.4) is 0 Å². The number of hydrogen-bond donors (Lipinski definition) is 1. The van der Waals surface area contributed by atoms with Crippen LogP contribution in [-0.2, 0) is 4.79 Å². The molecule has 3 nitrogen and oxygen atoms in total. The molecule has 76 valence electrons. The molecule has 1 aliphatic rings. The van der Waals surface area contributed by atoms with Gasteiger partial charge in [-0.25, -0.2) is 0 Å². The second-order valence-corrected chi connectivity index (χ2v) is 5.55. The zero-order valence-electron chi connectivity index (χ0n) is 8.50. The molecule has 2 rings (SSSR count). The fourth-order valence-electron chi connectivity index (χ4n) is 1.37. The number of nitrogens with zero attached hydrogens (tertiary/aromatic N) is 1. The highest BCUT2D eigenvalue weighted by atomic mass is 32.2. The molecule has 0 saturated heterocycles. The molecule has 0 spiro atoms. The highest BCUT2D eigenvalue weighted by Gasteiger charge is 2.34. The van der Waals surface area contributed by atoms with Gasteiger partial charge in [0.2, 0.25) is 5.91 Å². The number of amides is 1. The molecule has 1 amide bonds. The van der Waals surface area contributed by atoms with E-state index in [0.29, 0.717) is 5.56 Å². The number of benzene rings is 1. The van der Waals surface area contributed by atoms with Crippen LogP contribution in [0.4, 0.5) is 5.69 Å². The van der Waals surface area contributed by atoms with E-state index in [1.807, 2.05) is 13.8 Å². The van der Waals surface area contributed by atoms with Crippen LogP contribution < -0.4 is 5.32 Å². The summed E-state index contributed by atoms with van der Waals surface area (Å²) >= 11 is 1.49. The van der Waals surface area contributed by atoms with Crippen molar-refractivity contribution in [2.45, 2.75) is 23.5 Å². The molecule has 0 radical (unpaired) electrons. The summed E-state index contributed by atoms with van der Waals surface area (Å²) in [5.74, 6) is 0.00436. The molecular weight excluding hydrogens is 208 g/mol. The quantitative estimate of drug-likeness (QED) is 0.727. The number of nitrogens with one attached hydrogen (secondary N) is 1. The van der Waals surface area contributed by atoms with Gasteiger partial charge in [0, 0.05) is 4.90 Å². The second kappa shape index (κ2) is 3.28. The topological polar surface area (TPSA) is 52.9 Å². The Labute approximate surface area is 92.5 Å². The molecule has 0 bridgehead atoms. The van der Waals surface area contributed by atoms with Crippen molar-refractivity contribution in [3.05, 3.63) is 23.8 Å². The second-order valence-electron chi connectivity index (χ2n) is 3.89. The van der Waals surface area contributed by atoms with Crippen molar-refractivity contribution >= 4 is 23.4 Å². The summed E-state index contributed by atoms with van der Waals surface area (Å²) in [6.45, 7) is 3.74. The van der Waals surface area contributed by atoms with Crippen molar-refractivity contribution in [1.29, 1.82) is 5.26 Å². The van der Waals surface area contributed by atoms with Crippen molar-refractivity contribution in [1.82, 2.24) is 0 Å². The van der Waals surface area contributed by atoms with Gasteiger partial charge < -0.3 is 5.32 Å². The molecule has 0 saturated carbocycles. The van der Waals surface area contributed by atoms with Gasteiger partial charge in [-0.15, -0.1) is 11.8 Å². The van der Waals surface area contributed by atoms with Gasteiger partial charge in [0.05, 0.1) is 22.1 Å². The maximum atomic E-state index is 11.6. The summed E-state index contributed by atoms with van der Waals surface area (Å²) in [6, 6.07) is 7.37. The highest BCUT2D eigenvalue weighted by Crippen LogP contribution is 2.42. The maximum Gasteiger partial charge on any atom is 0.240 e. The third-order valence-electron chi connectivity index (χ3n) is 2.27. The van der Waals surface area contributed by atoms with Gasteiger partial charge in [-0.2, -0.15) is 5.26 Å². The first kappa shape index (κ1) is 10.1. The minimum atomic E-state index is -0.471. The third-order valence-corrected chi connectivity index (χ3v) is 3.52. The Hall–Kier alpha value is -1.47. The summed E-state index contributed by atoms with van der Waals surface area (Å²) in [6.07, 6.45) is 0. The molecule has 0 aliphatic carbocycles. The van der Waals surface area contributed by atoms with E-state index in [0.717, 1.165) is 10.6 Å². The van der Waals surface area contributed by atoms with Gasteiger partial charge in [-0.05, 0) is 32.0 Å². The SMILES string of the molecule is CC1(C)Sc2cc(C#N)ccc2NC1=O. The molecule has 1 heterocycles. The monoisotopic (exact) mass is 218 g/mol. The number of hydrogen-bond acceptors (Lipinski definition) is 3. The van der Waals surface area contributed by atoms with Crippen LogP contribution in [0.2, 0.25) is 0 Å². The molecule has 15 heavy (non-hydrogen) atoms. The lowest BCUT2D eigenvalue weighted by atomic mass is 10.1. The molecule has 4 heteroatoms. The van der Waals surface area contributed by atoms with E-state index in [2.05, 4.69) is 11.4 Å². The van der Waals surface area contributed by atoms with E-state index in [9.17, 15) is 4.79 Å². The molecular formula is C11H10N2OS. The summed E-state index contributed by atoms with van der Waals surface area (Å²) < 4.78 is -0.471. The molecule has 1 aromatic carbocycles. The van der Waals surface area contributed by atoms with Gasteiger partial charge in [-0.3, -0.25) is 4.79 Å². The van der Waals surface area contributed by atoms with Crippen LogP contribution in [0.25, 0.3) is 0 Å². The number of rotatable bonds is 0. The normalized spacial score (nSPS) is 17.5. The van der Waals surface area contributed by atoms with E-state index in [4.69, 9.17) is 5.26 Å². The van der Waals surface area contributed by atoms with Crippen molar-refractivity contribution < 1.29 is 4.79 Å². The first-order chi connectivity index (χ1) is 7.03. The van der Waals surface area contributed by atoms with Gasteiger partial charge in [0.15, 0.2) is 0 Å². The van der Waals surface area contributed by atoms with Gasteiger partial charge in [0.1, 0.15) is 0 Å². The fourth-order valence-corrected chi connectivity index (χ4v) is 2.48. The number of thioether (sulfide) groups is 1. The number of carbonyl (C=O) groups excluding carboxylic acids is 1. The lowest BCUT2D eigenvalue weighted by molar-refractivity contribution is -0.117. The average Bonchev–Trinajstić information content (AvgIpc) is 2.18. The average molecular weight is 218 g/mol. The molecule has 0 aromatic heterocycles. The van der Waals surface area contributed by atoms with Crippen LogP contribution in [0.5, 0.6) is 0 Å². The van der Waals surface area contributed by atoms with Crippen LogP contribution in [0.1, 0.15) is 19.4 Å². The summed E-state index contributed by atoms with van der Waals surface area (Å²) in [7, 11) is 0.